The molecule has 0 saturated carbocycles. The van der Waals surface area contributed by atoms with Gasteiger partial charge in [0.1, 0.15) is 11.4 Å². The molecule has 0 radical (unpaired) electrons. The van der Waals surface area contributed by atoms with Gasteiger partial charge in [-0.3, -0.25) is 10.1 Å². The highest BCUT2D eigenvalue weighted by Crippen LogP contribution is 2.20. The summed E-state index contributed by atoms with van der Waals surface area (Å²) in [5.74, 6) is 0.315. The fourth-order valence-corrected chi connectivity index (χ4v) is 1.45. The first-order chi connectivity index (χ1) is 8.70. The minimum Gasteiger partial charge on any atom is -0.467 e. The summed E-state index contributed by atoms with van der Waals surface area (Å²) in [5.41, 5.74) is -0.671. The number of carbonyl (C=O) groups excluding carboxylic acids is 1. The monoisotopic (exact) mass is 270 g/mol. The second kappa shape index (κ2) is 5.73. The largest absolute Gasteiger partial charge is 0.467 e. The first-order valence-electron chi connectivity index (χ1n) is 5.87. The van der Waals surface area contributed by atoms with E-state index < -0.39 is 28.7 Å². The highest BCUT2D eigenvalue weighted by molar-refractivity contribution is 5.68. The van der Waals surface area contributed by atoms with E-state index >= 15 is 0 Å². The Bertz CT molecular complexity index is 435. The van der Waals surface area contributed by atoms with Gasteiger partial charge in [0, 0.05) is 11.8 Å². The van der Waals surface area contributed by atoms with Crippen molar-refractivity contribution in [2.24, 2.45) is 0 Å². The molecule has 7 nitrogen and oxygen atoms in total. The summed E-state index contributed by atoms with van der Waals surface area (Å²) in [4.78, 5) is 22.1. The van der Waals surface area contributed by atoms with Crippen LogP contribution in [0.3, 0.4) is 0 Å². The molecule has 1 aromatic rings. The number of ether oxygens (including phenoxy) is 1. The zero-order valence-electron chi connectivity index (χ0n) is 11.4. The minimum absolute atomic E-state index is 0.315. The second-order valence-electron chi connectivity index (χ2n) is 5.17. The quantitative estimate of drug-likeness (QED) is 0.670. The highest BCUT2D eigenvalue weighted by atomic mass is 16.6. The molecule has 19 heavy (non-hydrogen) atoms. The third kappa shape index (κ3) is 4.61. The van der Waals surface area contributed by atoms with Crippen molar-refractivity contribution >= 4 is 6.09 Å². The van der Waals surface area contributed by atoms with Gasteiger partial charge in [-0.2, -0.15) is 0 Å². The van der Waals surface area contributed by atoms with Crippen molar-refractivity contribution in [1.82, 2.24) is 5.32 Å². The summed E-state index contributed by atoms with van der Waals surface area (Å²) in [6, 6.07) is 1.27. The lowest BCUT2D eigenvalue weighted by atomic mass is 10.1. The topological polar surface area (TPSA) is 94.6 Å². The van der Waals surface area contributed by atoms with E-state index in [1.807, 2.05) is 0 Å². The van der Waals surface area contributed by atoms with Crippen molar-refractivity contribution < 1.29 is 18.9 Å². The highest BCUT2D eigenvalue weighted by Gasteiger charge is 2.33. The van der Waals surface area contributed by atoms with Crippen LogP contribution in [0.1, 0.15) is 39.5 Å². The van der Waals surface area contributed by atoms with Gasteiger partial charge in [0.15, 0.2) is 6.04 Å². The van der Waals surface area contributed by atoms with Gasteiger partial charge in [-0.15, -0.1) is 0 Å². The van der Waals surface area contributed by atoms with Gasteiger partial charge in [-0.1, -0.05) is 0 Å². The van der Waals surface area contributed by atoms with E-state index in [4.69, 9.17) is 9.15 Å². The number of rotatable bonds is 4. The molecule has 1 heterocycles. The Morgan fingerprint density at radius 2 is 2.16 bits per heavy atom. The summed E-state index contributed by atoms with van der Waals surface area (Å²) < 4.78 is 10.2. The van der Waals surface area contributed by atoms with Crippen LogP contribution in [-0.4, -0.2) is 22.7 Å². The second-order valence-corrected chi connectivity index (χ2v) is 5.17. The van der Waals surface area contributed by atoms with Crippen molar-refractivity contribution in [3.8, 4) is 0 Å². The zero-order valence-corrected chi connectivity index (χ0v) is 11.4. The van der Waals surface area contributed by atoms with E-state index in [0.29, 0.717) is 5.76 Å². The molecule has 0 aromatic carbocycles. The van der Waals surface area contributed by atoms with E-state index in [9.17, 15) is 14.9 Å². The third-order valence-electron chi connectivity index (χ3n) is 2.34. The maximum atomic E-state index is 11.7. The zero-order chi connectivity index (χ0) is 14.6. The Labute approximate surface area is 111 Å². The van der Waals surface area contributed by atoms with Gasteiger partial charge in [-0.25, -0.2) is 4.79 Å². The average Bonchev–Trinajstić information content (AvgIpc) is 2.75. The third-order valence-corrected chi connectivity index (χ3v) is 2.34. The van der Waals surface area contributed by atoms with Crippen molar-refractivity contribution in [3.63, 3.8) is 0 Å². The molecule has 0 aliphatic rings. The Kier molecular flexibility index (Phi) is 4.52. The number of carbonyl (C=O) groups is 1. The molecule has 0 spiro atoms. The smallest absolute Gasteiger partial charge is 0.408 e. The summed E-state index contributed by atoms with van der Waals surface area (Å²) in [6.07, 6.45) is 0.675. The van der Waals surface area contributed by atoms with Gasteiger partial charge < -0.3 is 14.5 Å². The van der Waals surface area contributed by atoms with Crippen LogP contribution in [0.4, 0.5) is 4.79 Å². The van der Waals surface area contributed by atoms with E-state index in [0.717, 1.165) is 0 Å². The van der Waals surface area contributed by atoms with Crippen molar-refractivity contribution in [2.45, 2.75) is 45.4 Å². The maximum absolute atomic E-state index is 11.7. The molecule has 0 aliphatic carbocycles. The molecule has 0 saturated heterocycles. The summed E-state index contributed by atoms with van der Waals surface area (Å²) in [5, 5.41) is 13.3. The number of alkyl carbamates (subject to hydrolysis) is 1. The number of amides is 1. The molecule has 2 unspecified atom stereocenters. The molecule has 2 atom stereocenters. The predicted octanol–water partition coefficient (Wildman–Crippen LogP) is 2.51. The minimum atomic E-state index is -1.03. The summed E-state index contributed by atoms with van der Waals surface area (Å²) in [7, 11) is 0. The van der Waals surface area contributed by atoms with Crippen LogP contribution < -0.4 is 5.32 Å². The Morgan fingerprint density at radius 1 is 1.53 bits per heavy atom. The van der Waals surface area contributed by atoms with E-state index in [-0.39, 0.29) is 0 Å². The molecule has 1 rings (SSSR count). The molecular weight excluding hydrogens is 252 g/mol. The number of hydrogen-bond acceptors (Lipinski definition) is 5. The number of furan rings is 1. The SMILES string of the molecule is CC(C(NC(=O)OC(C)(C)C)c1ccco1)[N+](=O)[O-]. The van der Waals surface area contributed by atoms with Crippen LogP contribution in [0.25, 0.3) is 0 Å². The van der Waals surface area contributed by atoms with Crippen LogP contribution in [0.5, 0.6) is 0 Å². The standard InChI is InChI=1S/C12H18N2O5/c1-8(14(16)17)10(9-6-5-7-18-9)13-11(15)19-12(2,3)4/h5-8,10H,1-4H3,(H,13,15). The summed E-state index contributed by atoms with van der Waals surface area (Å²) >= 11 is 0. The first-order valence-corrected chi connectivity index (χ1v) is 5.87. The molecule has 0 fully saturated rings. The Hall–Kier alpha value is -2.05. The van der Waals surface area contributed by atoms with Gasteiger partial charge in [0.25, 0.3) is 0 Å². The Morgan fingerprint density at radius 3 is 2.58 bits per heavy atom. The van der Waals surface area contributed by atoms with Gasteiger partial charge in [-0.05, 0) is 32.9 Å². The van der Waals surface area contributed by atoms with Gasteiger partial charge in [0.2, 0.25) is 6.04 Å². The van der Waals surface area contributed by atoms with E-state index in [1.165, 1.54) is 13.2 Å². The van der Waals surface area contributed by atoms with Crippen molar-refractivity contribution in [2.75, 3.05) is 0 Å². The fraction of sp³-hybridized carbons (Fsp3) is 0.583. The molecule has 0 aliphatic heterocycles. The molecule has 1 amide bonds. The lowest BCUT2D eigenvalue weighted by Crippen LogP contribution is -2.41. The van der Waals surface area contributed by atoms with Gasteiger partial charge >= 0.3 is 6.09 Å². The maximum Gasteiger partial charge on any atom is 0.408 e. The van der Waals surface area contributed by atoms with Crippen LogP contribution in [0.2, 0.25) is 0 Å². The van der Waals surface area contributed by atoms with Crippen molar-refractivity contribution in [3.05, 3.63) is 34.3 Å². The van der Waals surface area contributed by atoms with Crippen LogP contribution in [0.15, 0.2) is 22.8 Å². The lowest BCUT2D eigenvalue weighted by molar-refractivity contribution is -0.523. The molecule has 1 aromatic heterocycles. The van der Waals surface area contributed by atoms with E-state index in [2.05, 4.69) is 5.32 Å². The van der Waals surface area contributed by atoms with Crippen molar-refractivity contribution in [1.29, 1.82) is 0 Å². The molecule has 0 bridgehead atoms. The number of nitro groups is 1. The average molecular weight is 270 g/mol. The predicted molar refractivity (Wildman–Crippen MR) is 67.3 cm³/mol. The molecule has 1 N–H and O–H groups in total. The van der Waals surface area contributed by atoms with Crippen LogP contribution in [-0.2, 0) is 4.74 Å². The van der Waals surface area contributed by atoms with Crippen LogP contribution >= 0.6 is 0 Å². The molecular formula is C12H18N2O5. The number of nitrogens with one attached hydrogen (secondary N) is 1. The van der Waals surface area contributed by atoms with Crippen LogP contribution in [0, 0.1) is 10.1 Å². The fourth-order valence-electron chi connectivity index (χ4n) is 1.45. The normalized spacial score (nSPS) is 14.5. The van der Waals surface area contributed by atoms with Gasteiger partial charge in [0.05, 0.1) is 6.26 Å². The lowest BCUT2D eigenvalue weighted by Gasteiger charge is -2.23. The molecule has 7 heteroatoms. The Balaban J connectivity index is 2.82. The number of nitrogens with zero attached hydrogens (tertiary/aromatic N) is 1. The van der Waals surface area contributed by atoms with E-state index in [1.54, 1.807) is 32.9 Å². The summed E-state index contributed by atoms with van der Waals surface area (Å²) in [6.45, 7) is 6.53. The number of hydrogen-bond donors (Lipinski definition) is 1. The molecule has 106 valence electrons. The first kappa shape index (κ1) is 15.0.